The molecule has 6 heteroatoms. The minimum absolute atomic E-state index is 0.259. The molecule has 0 bridgehead atoms. The molecule has 0 radical (unpaired) electrons. The summed E-state index contributed by atoms with van der Waals surface area (Å²) < 4.78 is 0.952. The third-order valence-electron chi connectivity index (χ3n) is 3.10. The third kappa shape index (κ3) is 5.34. The maximum absolute atomic E-state index is 11.8. The average Bonchev–Trinajstić information content (AvgIpc) is 2.57. The largest absolute Gasteiger partial charge is 0.341 e. The van der Waals surface area contributed by atoms with Gasteiger partial charge in [-0.25, -0.2) is 5.43 Å². The standard InChI is InChI=1S/C17H16BrN3O2/c1-12(14-5-3-2-4-6-14)20-16(22)17(23)21-19-11-13-7-9-15(18)10-8-13/h2-12H,1H3,(H,20,22)(H,21,23)/b19-11+. The number of halogens is 1. The summed E-state index contributed by atoms with van der Waals surface area (Å²) >= 11 is 3.33. The highest BCUT2D eigenvalue weighted by atomic mass is 79.9. The predicted octanol–water partition coefficient (Wildman–Crippen LogP) is 2.78. The molecule has 0 heterocycles. The summed E-state index contributed by atoms with van der Waals surface area (Å²) in [4.78, 5) is 23.5. The van der Waals surface area contributed by atoms with Crippen LogP contribution >= 0.6 is 15.9 Å². The molecule has 0 aliphatic heterocycles. The summed E-state index contributed by atoms with van der Waals surface area (Å²) in [6.07, 6.45) is 1.47. The van der Waals surface area contributed by atoms with Crippen molar-refractivity contribution in [2.75, 3.05) is 0 Å². The molecular formula is C17H16BrN3O2. The van der Waals surface area contributed by atoms with Gasteiger partial charge in [0, 0.05) is 4.47 Å². The fraction of sp³-hybridized carbons (Fsp3) is 0.118. The molecular weight excluding hydrogens is 358 g/mol. The van der Waals surface area contributed by atoms with E-state index in [1.54, 1.807) is 0 Å². The monoisotopic (exact) mass is 373 g/mol. The van der Waals surface area contributed by atoms with Crippen molar-refractivity contribution in [3.8, 4) is 0 Å². The molecule has 5 nitrogen and oxygen atoms in total. The Hall–Kier alpha value is -2.47. The number of hydrogen-bond acceptors (Lipinski definition) is 3. The Labute approximate surface area is 142 Å². The molecule has 0 aliphatic rings. The quantitative estimate of drug-likeness (QED) is 0.491. The molecule has 2 N–H and O–H groups in total. The Morgan fingerprint density at radius 3 is 2.35 bits per heavy atom. The fourth-order valence-electron chi connectivity index (χ4n) is 1.85. The van der Waals surface area contributed by atoms with Gasteiger partial charge in [0.15, 0.2) is 0 Å². The zero-order chi connectivity index (χ0) is 16.7. The van der Waals surface area contributed by atoms with Gasteiger partial charge in [-0.3, -0.25) is 9.59 Å². The van der Waals surface area contributed by atoms with Crippen LogP contribution in [0.25, 0.3) is 0 Å². The van der Waals surface area contributed by atoms with Crippen molar-refractivity contribution >= 4 is 34.0 Å². The van der Waals surface area contributed by atoms with Crippen molar-refractivity contribution in [2.24, 2.45) is 5.10 Å². The van der Waals surface area contributed by atoms with E-state index in [0.29, 0.717) is 0 Å². The number of nitrogens with one attached hydrogen (secondary N) is 2. The van der Waals surface area contributed by atoms with E-state index in [1.807, 2.05) is 61.5 Å². The molecule has 0 aromatic heterocycles. The van der Waals surface area contributed by atoms with Gasteiger partial charge in [0.05, 0.1) is 12.3 Å². The highest BCUT2D eigenvalue weighted by molar-refractivity contribution is 9.10. The molecule has 1 atom stereocenters. The molecule has 0 aliphatic carbocycles. The smallest absolute Gasteiger partial charge is 0.329 e. The molecule has 0 spiro atoms. The van der Waals surface area contributed by atoms with Crippen LogP contribution in [0.1, 0.15) is 24.1 Å². The number of rotatable bonds is 4. The summed E-state index contributed by atoms with van der Waals surface area (Å²) in [5.41, 5.74) is 3.94. The lowest BCUT2D eigenvalue weighted by molar-refractivity contribution is -0.139. The normalized spacial score (nSPS) is 11.9. The van der Waals surface area contributed by atoms with E-state index in [0.717, 1.165) is 15.6 Å². The van der Waals surface area contributed by atoms with Gasteiger partial charge in [-0.15, -0.1) is 0 Å². The van der Waals surface area contributed by atoms with Gasteiger partial charge in [-0.2, -0.15) is 5.10 Å². The zero-order valence-corrected chi connectivity index (χ0v) is 14.1. The average molecular weight is 374 g/mol. The van der Waals surface area contributed by atoms with E-state index in [2.05, 4.69) is 31.8 Å². The minimum atomic E-state index is -0.804. The molecule has 2 rings (SSSR count). The van der Waals surface area contributed by atoms with Crippen LogP contribution in [0.15, 0.2) is 64.2 Å². The van der Waals surface area contributed by atoms with E-state index in [1.165, 1.54) is 6.21 Å². The van der Waals surface area contributed by atoms with Crippen molar-refractivity contribution < 1.29 is 9.59 Å². The second-order valence-corrected chi connectivity index (χ2v) is 5.77. The zero-order valence-electron chi connectivity index (χ0n) is 12.5. The Morgan fingerprint density at radius 2 is 1.70 bits per heavy atom. The maximum Gasteiger partial charge on any atom is 0.329 e. The van der Waals surface area contributed by atoms with Gasteiger partial charge >= 0.3 is 11.8 Å². The first kappa shape index (κ1) is 16.9. The highest BCUT2D eigenvalue weighted by Crippen LogP contribution is 2.10. The maximum atomic E-state index is 11.8. The predicted molar refractivity (Wildman–Crippen MR) is 92.9 cm³/mol. The van der Waals surface area contributed by atoms with Crippen molar-refractivity contribution in [1.29, 1.82) is 0 Å². The van der Waals surface area contributed by atoms with E-state index in [-0.39, 0.29) is 6.04 Å². The number of carbonyl (C=O) groups is 2. The van der Waals surface area contributed by atoms with Crippen LogP contribution in [0, 0.1) is 0 Å². The van der Waals surface area contributed by atoms with E-state index in [4.69, 9.17) is 0 Å². The van der Waals surface area contributed by atoms with E-state index >= 15 is 0 Å². The van der Waals surface area contributed by atoms with Gasteiger partial charge in [0.1, 0.15) is 0 Å². The molecule has 2 amide bonds. The lowest BCUT2D eigenvalue weighted by atomic mass is 10.1. The summed E-state index contributed by atoms with van der Waals surface area (Å²) in [5.74, 6) is -1.53. The first-order chi connectivity index (χ1) is 11.1. The van der Waals surface area contributed by atoms with Crippen LogP contribution in [-0.4, -0.2) is 18.0 Å². The van der Waals surface area contributed by atoms with Crippen LogP contribution in [0.5, 0.6) is 0 Å². The Morgan fingerprint density at radius 1 is 1.04 bits per heavy atom. The summed E-state index contributed by atoms with van der Waals surface area (Å²) in [6, 6.07) is 16.5. The molecule has 118 valence electrons. The van der Waals surface area contributed by atoms with E-state index in [9.17, 15) is 9.59 Å². The first-order valence-corrected chi connectivity index (χ1v) is 7.80. The highest BCUT2D eigenvalue weighted by Gasteiger charge is 2.16. The van der Waals surface area contributed by atoms with Crippen LogP contribution in [0.4, 0.5) is 0 Å². The number of amides is 2. The Kier molecular flexibility index (Phi) is 6.05. The second kappa shape index (κ2) is 8.24. The van der Waals surface area contributed by atoms with Gasteiger partial charge < -0.3 is 5.32 Å². The van der Waals surface area contributed by atoms with Crippen LogP contribution in [-0.2, 0) is 9.59 Å². The van der Waals surface area contributed by atoms with Crippen molar-refractivity contribution in [3.63, 3.8) is 0 Å². The Balaban J connectivity index is 1.85. The Bertz CT molecular complexity index is 700. The summed E-state index contributed by atoms with van der Waals surface area (Å²) in [5, 5.41) is 6.39. The summed E-state index contributed by atoms with van der Waals surface area (Å²) in [7, 11) is 0. The second-order valence-electron chi connectivity index (χ2n) is 4.86. The van der Waals surface area contributed by atoms with Crippen molar-refractivity contribution in [3.05, 3.63) is 70.2 Å². The molecule has 0 fully saturated rings. The fourth-order valence-corrected chi connectivity index (χ4v) is 2.12. The number of nitrogens with zero attached hydrogens (tertiary/aromatic N) is 1. The van der Waals surface area contributed by atoms with Crippen molar-refractivity contribution in [2.45, 2.75) is 13.0 Å². The number of benzene rings is 2. The third-order valence-corrected chi connectivity index (χ3v) is 3.63. The van der Waals surface area contributed by atoms with Gasteiger partial charge in [-0.1, -0.05) is 58.4 Å². The molecule has 2 aromatic carbocycles. The van der Waals surface area contributed by atoms with Crippen LogP contribution in [0.3, 0.4) is 0 Å². The number of hydrogen-bond donors (Lipinski definition) is 2. The van der Waals surface area contributed by atoms with Crippen LogP contribution < -0.4 is 10.7 Å². The lowest BCUT2D eigenvalue weighted by Crippen LogP contribution is -2.39. The molecule has 0 saturated heterocycles. The SMILES string of the molecule is CC(NC(=O)C(=O)N/N=C/c1ccc(Br)cc1)c1ccccc1. The van der Waals surface area contributed by atoms with Crippen molar-refractivity contribution in [1.82, 2.24) is 10.7 Å². The topological polar surface area (TPSA) is 70.6 Å². The minimum Gasteiger partial charge on any atom is -0.341 e. The van der Waals surface area contributed by atoms with Gasteiger partial charge in [0.2, 0.25) is 0 Å². The van der Waals surface area contributed by atoms with Gasteiger partial charge in [0.25, 0.3) is 0 Å². The molecule has 0 saturated carbocycles. The van der Waals surface area contributed by atoms with E-state index < -0.39 is 11.8 Å². The molecule has 2 aromatic rings. The molecule has 1 unspecified atom stereocenters. The number of carbonyl (C=O) groups excluding carboxylic acids is 2. The number of hydrazone groups is 1. The van der Waals surface area contributed by atoms with Gasteiger partial charge in [-0.05, 0) is 30.2 Å². The molecule has 23 heavy (non-hydrogen) atoms. The van der Waals surface area contributed by atoms with Crippen LogP contribution in [0.2, 0.25) is 0 Å². The first-order valence-electron chi connectivity index (χ1n) is 7.00. The lowest BCUT2D eigenvalue weighted by Gasteiger charge is -2.13. The summed E-state index contributed by atoms with van der Waals surface area (Å²) in [6.45, 7) is 1.81.